The van der Waals surface area contributed by atoms with Gasteiger partial charge in [-0.15, -0.1) is 0 Å². The summed E-state index contributed by atoms with van der Waals surface area (Å²) < 4.78 is 0. The van der Waals surface area contributed by atoms with Crippen molar-refractivity contribution in [3.05, 3.63) is 35.4 Å². The minimum Gasteiger partial charge on any atom is -0.314 e. The first-order valence-electron chi connectivity index (χ1n) is 4.87. The Balaban J connectivity index is 2.18. The third kappa shape index (κ3) is 1.90. The molecule has 70 valence electrons. The fraction of sp³-hybridized carbons (Fsp3) is 0.455. The van der Waals surface area contributed by atoms with E-state index in [-0.39, 0.29) is 0 Å². The van der Waals surface area contributed by atoms with Gasteiger partial charge < -0.3 is 10.6 Å². The zero-order valence-electron chi connectivity index (χ0n) is 8.01. The highest BCUT2D eigenvalue weighted by atomic mass is 15.1. The molecule has 1 aromatic carbocycles. The maximum atomic E-state index is 3.51. The minimum atomic E-state index is 0.495. The Kier molecular flexibility index (Phi) is 2.62. The van der Waals surface area contributed by atoms with E-state index in [1.54, 1.807) is 0 Å². The van der Waals surface area contributed by atoms with Crippen molar-refractivity contribution in [3.63, 3.8) is 0 Å². The fourth-order valence-electron chi connectivity index (χ4n) is 1.85. The van der Waals surface area contributed by atoms with Crippen LogP contribution >= 0.6 is 0 Å². The second kappa shape index (κ2) is 3.90. The van der Waals surface area contributed by atoms with Crippen LogP contribution in [0.5, 0.6) is 0 Å². The minimum absolute atomic E-state index is 0.495. The van der Waals surface area contributed by atoms with Crippen LogP contribution in [0.15, 0.2) is 24.3 Å². The lowest BCUT2D eigenvalue weighted by Gasteiger charge is -2.26. The van der Waals surface area contributed by atoms with E-state index >= 15 is 0 Å². The Morgan fingerprint density at radius 2 is 2.08 bits per heavy atom. The van der Waals surface area contributed by atoms with E-state index in [4.69, 9.17) is 0 Å². The Labute approximate surface area is 79.4 Å². The molecule has 1 aliphatic heterocycles. The second-order valence-corrected chi connectivity index (χ2v) is 3.57. The maximum Gasteiger partial charge on any atom is 0.0449 e. The monoisotopic (exact) mass is 176 g/mol. The van der Waals surface area contributed by atoms with Crippen LogP contribution in [0.3, 0.4) is 0 Å². The Hall–Kier alpha value is -0.860. The van der Waals surface area contributed by atoms with Gasteiger partial charge in [-0.25, -0.2) is 0 Å². The summed E-state index contributed by atoms with van der Waals surface area (Å²) in [4.78, 5) is 0. The zero-order chi connectivity index (χ0) is 9.10. The summed E-state index contributed by atoms with van der Waals surface area (Å²) in [6, 6.07) is 9.08. The first-order chi connectivity index (χ1) is 6.38. The van der Waals surface area contributed by atoms with Crippen molar-refractivity contribution in [1.29, 1.82) is 0 Å². The van der Waals surface area contributed by atoms with Crippen molar-refractivity contribution in [2.45, 2.75) is 13.0 Å². The third-order valence-electron chi connectivity index (χ3n) is 2.60. The first-order valence-corrected chi connectivity index (χ1v) is 4.87. The lowest BCUT2D eigenvalue weighted by Crippen LogP contribution is -2.42. The van der Waals surface area contributed by atoms with E-state index in [9.17, 15) is 0 Å². The van der Waals surface area contributed by atoms with Crippen LogP contribution in [0.4, 0.5) is 0 Å². The fourth-order valence-corrected chi connectivity index (χ4v) is 1.85. The maximum absolute atomic E-state index is 3.51. The number of aryl methyl sites for hydroxylation is 1. The summed E-state index contributed by atoms with van der Waals surface area (Å²) in [5.74, 6) is 0. The molecule has 1 aromatic rings. The summed E-state index contributed by atoms with van der Waals surface area (Å²) in [7, 11) is 0. The molecule has 0 amide bonds. The Morgan fingerprint density at radius 3 is 2.77 bits per heavy atom. The molecule has 2 nitrogen and oxygen atoms in total. The molecule has 2 heteroatoms. The number of hydrogen-bond acceptors (Lipinski definition) is 2. The van der Waals surface area contributed by atoms with E-state index in [1.165, 1.54) is 11.1 Å². The average molecular weight is 176 g/mol. The first kappa shape index (κ1) is 8.73. The van der Waals surface area contributed by atoms with Gasteiger partial charge in [-0.2, -0.15) is 0 Å². The molecule has 0 aliphatic carbocycles. The smallest absolute Gasteiger partial charge is 0.0449 e. The number of benzene rings is 1. The second-order valence-electron chi connectivity index (χ2n) is 3.57. The molecule has 2 N–H and O–H groups in total. The van der Waals surface area contributed by atoms with Gasteiger partial charge in [0.2, 0.25) is 0 Å². The number of rotatable bonds is 1. The zero-order valence-corrected chi connectivity index (χ0v) is 8.01. The number of piperazine rings is 1. The van der Waals surface area contributed by atoms with Gasteiger partial charge in [0.05, 0.1) is 0 Å². The van der Waals surface area contributed by atoms with Crippen molar-refractivity contribution >= 4 is 0 Å². The number of nitrogens with one attached hydrogen (secondary N) is 2. The summed E-state index contributed by atoms with van der Waals surface area (Å²) in [5, 5.41) is 6.91. The van der Waals surface area contributed by atoms with Gasteiger partial charge in [-0.1, -0.05) is 24.3 Å². The van der Waals surface area contributed by atoms with E-state index in [0.717, 1.165) is 19.6 Å². The average Bonchev–Trinajstić information content (AvgIpc) is 2.20. The molecule has 2 rings (SSSR count). The lowest BCUT2D eigenvalue weighted by molar-refractivity contribution is 0.429. The molecule has 0 saturated carbocycles. The molecule has 13 heavy (non-hydrogen) atoms. The summed E-state index contributed by atoms with van der Waals surface area (Å²) in [6.07, 6.45) is 0. The molecule has 1 fully saturated rings. The molecule has 0 radical (unpaired) electrons. The van der Waals surface area contributed by atoms with E-state index in [1.807, 2.05) is 0 Å². The SMILES string of the molecule is Cc1ccccc1[C@@H]1CNCCN1. The molecule has 1 heterocycles. The molecule has 1 atom stereocenters. The molecular formula is C11H16N2. The predicted molar refractivity (Wildman–Crippen MR) is 54.8 cm³/mol. The van der Waals surface area contributed by atoms with Crippen LogP contribution in [0, 0.1) is 6.92 Å². The van der Waals surface area contributed by atoms with Gasteiger partial charge >= 0.3 is 0 Å². The van der Waals surface area contributed by atoms with Gasteiger partial charge in [0, 0.05) is 25.7 Å². The van der Waals surface area contributed by atoms with Crippen LogP contribution in [-0.2, 0) is 0 Å². The van der Waals surface area contributed by atoms with Crippen LogP contribution in [0.1, 0.15) is 17.2 Å². The summed E-state index contributed by atoms with van der Waals surface area (Å²) in [5.41, 5.74) is 2.80. The molecule has 0 unspecified atom stereocenters. The predicted octanol–water partition coefficient (Wildman–Crippen LogP) is 1.23. The molecule has 1 aliphatic rings. The quantitative estimate of drug-likeness (QED) is 0.672. The topological polar surface area (TPSA) is 24.1 Å². The van der Waals surface area contributed by atoms with Crippen molar-refractivity contribution in [3.8, 4) is 0 Å². The van der Waals surface area contributed by atoms with Crippen LogP contribution in [0.2, 0.25) is 0 Å². The Bertz CT molecular complexity index is 277. The third-order valence-corrected chi connectivity index (χ3v) is 2.60. The summed E-state index contributed by atoms with van der Waals surface area (Å²) in [6.45, 7) is 5.37. The van der Waals surface area contributed by atoms with E-state index < -0.39 is 0 Å². The molecular weight excluding hydrogens is 160 g/mol. The lowest BCUT2D eigenvalue weighted by atomic mass is 10.0. The molecule has 0 bridgehead atoms. The van der Waals surface area contributed by atoms with Gasteiger partial charge in [-0.05, 0) is 18.1 Å². The van der Waals surface area contributed by atoms with Crippen molar-refractivity contribution < 1.29 is 0 Å². The normalized spacial score (nSPS) is 23.0. The standard InChI is InChI=1S/C11H16N2/c1-9-4-2-3-5-10(9)11-8-12-6-7-13-11/h2-5,11-13H,6-8H2,1H3/t11-/m0/s1. The van der Waals surface area contributed by atoms with Crippen molar-refractivity contribution in [2.24, 2.45) is 0 Å². The Morgan fingerprint density at radius 1 is 1.23 bits per heavy atom. The highest BCUT2D eigenvalue weighted by molar-refractivity contribution is 5.29. The number of hydrogen-bond donors (Lipinski definition) is 2. The highest BCUT2D eigenvalue weighted by Gasteiger charge is 2.14. The molecule has 0 aromatic heterocycles. The molecule has 1 saturated heterocycles. The van der Waals surface area contributed by atoms with Crippen molar-refractivity contribution in [2.75, 3.05) is 19.6 Å². The van der Waals surface area contributed by atoms with Gasteiger partial charge in [0.15, 0.2) is 0 Å². The summed E-state index contributed by atoms with van der Waals surface area (Å²) >= 11 is 0. The largest absolute Gasteiger partial charge is 0.314 e. The van der Waals surface area contributed by atoms with Gasteiger partial charge in [-0.3, -0.25) is 0 Å². The molecule has 0 spiro atoms. The van der Waals surface area contributed by atoms with Crippen molar-refractivity contribution in [1.82, 2.24) is 10.6 Å². The van der Waals surface area contributed by atoms with Crippen LogP contribution < -0.4 is 10.6 Å². The highest BCUT2D eigenvalue weighted by Crippen LogP contribution is 2.17. The van der Waals surface area contributed by atoms with Crippen LogP contribution in [0.25, 0.3) is 0 Å². The van der Waals surface area contributed by atoms with Gasteiger partial charge in [0.25, 0.3) is 0 Å². The van der Waals surface area contributed by atoms with Gasteiger partial charge in [0.1, 0.15) is 0 Å². The van der Waals surface area contributed by atoms with E-state index in [2.05, 4.69) is 41.8 Å². The van der Waals surface area contributed by atoms with Crippen LogP contribution in [-0.4, -0.2) is 19.6 Å². The van der Waals surface area contributed by atoms with E-state index in [0.29, 0.717) is 6.04 Å².